The maximum atomic E-state index is 11.4. The highest BCUT2D eigenvalue weighted by Gasteiger charge is 2.32. The third-order valence-corrected chi connectivity index (χ3v) is 4.45. The van der Waals surface area contributed by atoms with E-state index in [1.54, 1.807) is 6.20 Å². The minimum Gasteiger partial charge on any atom is -0.465 e. The van der Waals surface area contributed by atoms with Crippen molar-refractivity contribution < 1.29 is 19.8 Å². The molecule has 8 heteroatoms. The van der Waals surface area contributed by atoms with Crippen LogP contribution in [0.2, 0.25) is 0 Å². The summed E-state index contributed by atoms with van der Waals surface area (Å²) >= 11 is 0. The molecule has 0 unspecified atom stereocenters. The smallest absolute Gasteiger partial charge is 0.407 e. The van der Waals surface area contributed by atoms with E-state index in [9.17, 15) is 19.8 Å². The standard InChI is InChI=1S/C17H20N4O4/c22-16(23)20-10-11-21(17(24)25)14(12-20)6-8-19-9-7-18-15(19)13-4-2-1-3-5-13/h1-5,7,9,14H,6,8,10-12H2,(H,22,23)(H,24,25)/t14-/m1/s1. The summed E-state index contributed by atoms with van der Waals surface area (Å²) in [6.45, 7) is 1.16. The molecule has 2 heterocycles. The van der Waals surface area contributed by atoms with E-state index in [0.29, 0.717) is 13.0 Å². The van der Waals surface area contributed by atoms with Gasteiger partial charge in [-0.15, -0.1) is 0 Å². The van der Waals surface area contributed by atoms with Gasteiger partial charge in [0.25, 0.3) is 0 Å². The molecule has 0 spiro atoms. The predicted molar refractivity (Wildman–Crippen MR) is 90.4 cm³/mol. The number of hydrogen-bond acceptors (Lipinski definition) is 3. The number of benzene rings is 1. The fourth-order valence-corrected chi connectivity index (χ4v) is 3.15. The van der Waals surface area contributed by atoms with Crippen LogP contribution in [0.5, 0.6) is 0 Å². The number of rotatable bonds is 4. The molecule has 1 aromatic carbocycles. The first-order valence-electron chi connectivity index (χ1n) is 8.10. The first-order chi connectivity index (χ1) is 12.1. The summed E-state index contributed by atoms with van der Waals surface area (Å²) in [6, 6.07) is 9.38. The highest BCUT2D eigenvalue weighted by atomic mass is 16.4. The highest BCUT2D eigenvalue weighted by Crippen LogP contribution is 2.19. The minimum absolute atomic E-state index is 0.191. The van der Waals surface area contributed by atoms with Gasteiger partial charge >= 0.3 is 12.2 Å². The van der Waals surface area contributed by atoms with Crippen LogP contribution in [0.15, 0.2) is 42.7 Å². The highest BCUT2D eigenvalue weighted by molar-refractivity contribution is 5.68. The molecular weight excluding hydrogens is 324 g/mol. The largest absolute Gasteiger partial charge is 0.465 e. The number of nitrogens with zero attached hydrogens (tertiary/aromatic N) is 4. The lowest BCUT2D eigenvalue weighted by Crippen LogP contribution is -2.56. The first kappa shape index (κ1) is 16.8. The van der Waals surface area contributed by atoms with Crippen molar-refractivity contribution in [3.05, 3.63) is 42.7 Å². The molecule has 132 valence electrons. The Bertz CT molecular complexity index is 746. The fraction of sp³-hybridized carbons (Fsp3) is 0.353. The fourth-order valence-electron chi connectivity index (χ4n) is 3.15. The Morgan fingerprint density at radius 2 is 1.88 bits per heavy atom. The number of piperazine rings is 1. The van der Waals surface area contributed by atoms with Crippen molar-refractivity contribution in [1.29, 1.82) is 0 Å². The molecule has 8 nitrogen and oxygen atoms in total. The van der Waals surface area contributed by atoms with E-state index in [4.69, 9.17) is 0 Å². The number of aromatic nitrogens is 2. The Hall–Kier alpha value is -3.03. The number of carboxylic acid groups (broad SMARTS) is 2. The van der Waals surface area contributed by atoms with Gasteiger partial charge in [-0.05, 0) is 6.42 Å². The summed E-state index contributed by atoms with van der Waals surface area (Å²) in [5.41, 5.74) is 0.985. The van der Waals surface area contributed by atoms with E-state index < -0.39 is 12.2 Å². The van der Waals surface area contributed by atoms with Gasteiger partial charge in [0.1, 0.15) is 5.82 Å². The van der Waals surface area contributed by atoms with Crippen molar-refractivity contribution in [2.24, 2.45) is 0 Å². The van der Waals surface area contributed by atoms with Crippen molar-refractivity contribution in [1.82, 2.24) is 19.4 Å². The summed E-state index contributed by atoms with van der Waals surface area (Å²) in [7, 11) is 0. The molecule has 1 fully saturated rings. The van der Waals surface area contributed by atoms with Gasteiger partial charge in [-0.25, -0.2) is 14.6 Å². The lowest BCUT2D eigenvalue weighted by molar-refractivity contribution is 0.0597. The molecule has 2 N–H and O–H groups in total. The normalized spacial score (nSPS) is 17.5. The molecule has 3 rings (SSSR count). The number of carbonyl (C=O) groups is 2. The van der Waals surface area contributed by atoms with Crippen LogP contribution in [0.1, 0.15) is 6.42 Å². The monoisotopic (exact) mass is 344 g/mol. The summed E-state index contributed by atoms with van der Waals surface area (Å²) in [6.07, 6.45) is 2.06. The molecular formula is C17H20N4O4. The Labute approximate surface area is 144 Å². The van der Waals surface area contributed by atoms with E-state index >= 15 is 0 Å². The van der Waals surface area contributed by atoms with Gasteiger partial charge in [0, 0.05) is 44.1 Å². The van der Waals surface area contributed by atoms with Gasteiger partial charge < -0.3 is 24.6 Å². The third kappa shape index (κ3) is 3.73. The Kier molecular flexibility index (Phi) is 4.87. The Morgan fingerprint density at radius 3 is 2.56 bits per heavy atom. The first-order valence-corrected chi connectivity index (χ1v) is 8.10. The number of hydrogen-bond donors (Lipinski definition) is 2. The molecule has 25 heavy (non-hydrogen) atoms. The molecule has 0 bridgehead atoms. The van der Waals surface area contributed by atoms with Crippen molar-refractivity contribution >= 4 is 12.2 Å². The molecule has 0 radical (unpaired) electrons. The van der Waals surface area contributed by atoms with E-state index in [1.807, 2.05) is 41.1 Å². The van der Waals surface area contributed by atoms with Gasteiger partial charge in [-0.2, -0.15) is 0 Å². The van der Waals surface area contributed by atoms with E-state index in [1.165, 1.54) is 9.80 Å². The number of aryl methyl sites for hydroxylation is 1. The summed E-state index contributed by atoms with van der Waals surface area (Å²) in [5, 5.41) is 18.5. The van der Waals surface area contributed by atoms with Crippen molar-refractivity contribution in [2.45, 2.75) is 19.0 Å². The van der Waals surface area contributed by atoms with Crippen molar-refractivity contribution in [2.75, 3.05) is 19.6 Å². The molecule has 1 aliphatic heterocycles. The second-order valence-corrected chi connectivity index (χ2v) is 5.96. The van der Waals surface area contributed by atoms with Crippen LogP contribution < -0.4 is 0 Å². The molecule has 2 amide bonds. The van der Waals surface area contributed by atoms with Crippen LogP contribution in [0, 0.1) is 0 Å². The van der Waals surface area contributed by atoms with Crippen molar-refractivity contribution in [3.8, 4) is 11.4 Å². The average Bonchev–Trinajstić information content (AvgIpc) is 3.08. The van der Waals surface area contributed by atoms with Crippen molar-refractivity contribution in [3.63, 3.8) is 0 Å². The van der Waals surface area contributed by atoms with Gasteiger partial charge in [-0.3, -0.25) is 0 Å². The summed E-state index contributed by atoms with van der Waals surface area (Å²) in [4.78, 5) is 29.6. The molecule has 1 saturated heterocycles. The van der Waals surface area contributed by atoms with Crippen LogP contribution in [0.4, 0.5) is 9.59 Å². The summed E-state index contributed by atoms with van der Waals surface area (Å²) < 4.78 is 1.97. The number of imidazole rings is 1. The van der Waals surface area contributed by atoms with Gasteiger partial charge in [0.05, 0.1) is 6.04 Å². The maximum absolute atomic E-state index is 11.4. The lowest BCUT2D eigenvalue weighted by atomic mass is 10.1. The lowest BCUT2D eigenvalue weighted by Gasteiger charge is -2.38. The van der Waals surface area contributed by atoms with Gasteiger partial charge in [0.2, 0.25) is 0 Å². The van der Waals surface area contributed by atoms with Crippen LogP contribution in [-0.2, 0) is 6.54 Å². The molecule has 1 aromatic heterocycles. The molecule has 0 saturated carbocycles. The van der Waals surface area contributed by atoms with Crippen LogP contribution in [-0.4, -0.2) is 67.4 Å². The summed E-state index contributed by atoms with van der Waals surface area (Å²) in [5.74, 6) is 0.813. The zero-order valence-electron chi connectivity index (χ0n) is 13.7. The Morgan fingerprint density at radius 1 is 1.12 bits per heavy atom. The van der Waals surface area contributed by atoms with E-state index in [2.05, 4.69) is 4.98 Å². The second-order valence-electron chi connectivity index (χ2n) is 5.96. The Balaban J connectivity index is 1.72. The van der Waals surface area contributed by atoms with E-state index in [0.717, 1.165) is 11.4 Å². The van der Waals surface area contributed by atoms with Gasteiger partial charge in [-0.1, -0.05) is 30.3 Å². The van der Waals surface area contributed by atoms with E-state index in [-0.39, 0.29) is 25.7 Å². The molecule has 2 aromatic rings. The van der Waals surface area contributed by atoms with Crippen LogP contribution in [0.25, 0.3) is 11.4 Å². The minimum atomic E-state index is -1.01. The quantitative estimate of drug-likeness (QED) is 0.886. The van der Waals surface area contributed by atoms with Gasteiger partial charge in [0.15, 0.2) is 0 Å². The zero-order chi connectivity index (χ0) is 17.8. The maximum Gasteiger partial charge on any atom is 0.407 e. The van der Waals surface area contributed by atoms with Crippen LogP contribution >= 0.6 is 0 Å². The molecule has 0 aliphatic carbocycles. The SMILES string of the molecule is O=C(O)N1CCN(C(=O)O)[C@H](CCn2ccnc2-c2ccccc2)C1. The predicted octanol–water partition coefficient (Wildman–Crippen LogP) is 2.28. The average molecular weight is 344 g/mol. The molecule has 1 atom stereocenters. The van der Waals surface area contributed by atoms with Crippen LogP contribution in [0.3, 0.4) is 0 Å². The third-order valence-electron chi connectivity index (χ3n) is 4.45. The number of amides is 2. The topological polar surface area (TPSA) is 98.9 Å². The zero-order valence-corrected chi connectivity index (χ0v) is 13.7. The molecule has 1 aliphatic rings. The second kappa shape index (κ2) is 7.25.